The maximum absolute atomic E-state index is 12.2. The third-order valence-corrected chi connectivity index (χ3v) is 3.48. The molecule has 1 aliphatic heterocycles. The molecule has 0 saturated heterocycles. The van der Waals surface area contributed by atoms with Crippen LogP contribution in [0.2, 0.25) is 0 Å². The predicted molar refractivity (Wildman–Crippen MR) is 85.1 cm³/mol. The van der Waals surface area contributed by atoms with Crippen LogP contribution in [-0.2, 0) is 0 Å². The van der Waals surface area contributed by atoms with Gasteiger partial charge >= 0.3 is 0 Å². The molecule has 24 heavy (non-hydrogen) atoms. The summed E-state index contributed by atoms with van der Waals surface area (Å²) < 4.78 is 16.3. The number of carbonyl (C=O) groups is 1. The highest BCUT2D eigenvalue weighted by Crippen LogP contribution is 2.34. The standard InChI is InChI=1S/C17H13N3O4/c21-17(19-16-3-1-2-6-18-16)12-10-14(24-20-12)11-4-5-13-15(9-11)23-8-7-22-13/h1-6,9-10H,7-8H2,(H,18,19,21). The number of amides is 1. The largest absolute Gasteiger partial charge is 0.486 e. The molecule has 0 aliphatic carbocycles. The number of rotatable bonds is 3. The predicted octanol–water partition coefficient (Wildman–Crippen LogP) is 2.76. The summed E-state index contributed by atoms with van der Waals surface area (Å²) in [6.07, 6.45) is 1.60. The molecule has 7 heteroatoms. The average molecular weight is 323 g/mol. The molecule has 1 aliphatic rings. The van der Waals surface area contributed by atoms with Crippen LogP contribution in [0.15, 0.2) is 53.2 Å². The second-order valence-corrected chi connectivity index (χ2v) is 5.10. The van der Waals surface area contributed by atoms with Gasteiger partial charge in [-0.1, -0.05) is 11.2 Å². The van der Waals surface area contributed by atoms with Gasteiger partial charge in [-0.2, -0.15) is 0 Å². The van der Waals surface area contributed by atoms with Crippen molar-refractivity contribution in [2.75, 3.05) is 18.5 Å². The first-order chi connectivity index (χ1) is 11.8. The summed E-state index contributed by atoms with van der Waals surface area (Å²) in [6.45, 7) is 1.04. The summed E-state index contributed by atoms with van der Waals surface area (Å²) >= 11 is 0. The summed E-state index contributed by atoms with van der Waals surface area (Å²) in [5.74, 6) is 1.87. The maximum Gasteiger partial charge on any atom is 0.279 e. The first-order valence-electron chi connectivity index (χ1n) is 7.39. The highest BCUT2D eigenvalue weighted by Gasteiger charge is 2.17. The van der Waals surface area contributed by atoms with Crippen molar-refractivity contribution >= 4 is 11.7 Å². The first-order valence-corrected chi connectivity index (χ1v) is 7.39. The monoisotopic (exact) mass is 323 g/mol. The zero-order chi connectivity index (χ0) is 16.4. The van der Waals surface area contributed by atoms with E-state index in [1.54, 1.807) is 42.6 Å². The summed E-state index contributed by atoms with van der Waals surface area (Å²) in [6, 6.07) is 12.3. The number of ether oxygens (including phenoxy) is 2. The highest BCUT2D eigenvalue weighted by atomic mass is 16.6. The molecule has 2 aromatic heterocycles. The molecule has 120 valence electrons. The summed E-state index contributed by atoms with van der Waals surface area (Å²) in [7, 11) is 0. The lowest BCUT2D eigenvalue weighted by Crippen LogP contribution is -2.15. The van der Waals surface area contributed by atoms with E-state index in [-0.39, 0.29) is 11.6 Å². The van der Waals surface area contributed by atoms with E-state index in [0.717, 1.165) is 5.56 Å². The molecular weight excluding hydrogens is 310 g/mol. The number of benzene rings is 1. The van der Waals surface area contributed by atoms with Gasteiger partial charge in [0.15, 0.2) is 23.0 Å². The molecule has 3 aromatic rings. The Balaban J connectivity index is 1.55. The SMILES string of the molecule is O=C(Nc1ccccn1)c1cc(-c2ccc3c(c2)OCCO3)on1. The Bertz CT molecular complexity index is 877. The molecule has 0 atom stereocenters. The fraction of sp³-hybridized carbons (Fsp3) is 0.118. The van der Waals surface area contributed by atoms with Gasteiger partial charge < -0.3 is 19.3 Å². The fourth-order valence-electron chi connectivity index (χ4n) is 2.33. The van der Waals surface area contributed by atoms with Crippen molar-refractivity contribution < 1.29 is 18.8 Å². The van der Waals surface area contributed by atoms with Gasteiger partial charge in [0, 0.05) is 17.8 Å². The lowest BCUT2D eigenvalue weighted by molar-refractivity contribution is 0.101. The minimum atomic E-state index is -0.388. The van der Waals surface area contributed by atoms with Crippen molar-refractivity contribution in [2.45, 2.75) is 0 Å². The molecule has 0 unspecified atom stereocenters. The van der Waals surface area contributed by atoms with E-state index < -0.39 is 0 Å². The number of fused-ring (bicyclic) bond motifs is 1. The number of hydrogen-bond donors (Lipinski definition) is 1. The van der Waals surface area contributed by atoms with Crippen LogP contribution in [-0.4, -0.2) is 29.3 Å². The quantitative estimate of drug-likeness (QED) is 0.797. The topological polar surface area (TPSA) is 86.5 Å². The molecule has 0 saturated carbocycles. The average Bonchev–Trinajstić information content (AvgIpc) is 3.12. The molecule has 0 bridgehead atoms. The lowest BCUT2D eigenvalue weighted by Gasteiger charge is -2.18. The number of nitrogens with one attached hydrogen (secondary N) is 1. The van der Waals surface area contributed by atoms with Gasteiger partial charge in [0.05, 0.1) is 0 Å². The van der Waals surface area contributed by atoms with Gasteiger partial charge in [-0.25, -0.2) is 4.98 Å². The van der Waals surface area contributed by atoms with Crippen molar-refractivity contribution in [3.8, 4) is 22.8 Å². The zero-order valence-electron chi connectivity index (χ0n) is 12.6. The third kappa shape index (κ3) is 2.79. The second kappa shape index (κ2) is 6.04. The van der Waals surface area contributed by atoms with Crippen LogP contribution in [0.1, 0.15) is 10.5 Å². The van der Waals surface area contributed by atoms with Crippen molar-refractivity contribution in [3.63, 3.8) is 0 Å². The van der Waals surface area contributed by atoms with Crippen molar-refractivity contribution in [1.82, 2.24) is 10.1 Å². The van der Waals surface area contributed by atoms with E-state index in [0.29, 0.717) is 36.3 Å². The third-order valence-electron chi connectivity index (χ3n) is 3.48. The maximum atomic E-state index is 12.2. The Labute approximate surface area is 137 Å². The van der Waals surface area contributed by atoms with Crippen LogP contribution in [0.25, 0.3) is 11.3 Å². The Morgan fingerprint density at radius 3 is 2.75 bits per heavy atom. The van der Waals surface area contributed by atoms with Crippen molar-refractivity contribution in [1.29, 1.82) is 0 Å². The number of anilines is 1. The smallest absolute Gasteiger partial charge is 0.279 e. The highest BCUT2D eigenvalue weighted by molar-refractivity contribution is 6.02. The van der Waals surface area contributed by atoms with Gasteiger partial charge in [-0.05, 0) is 30.3 Å². The van der Waals surface area contributed by atoms with E-state index in [4.69, 9.17) is 14.0 Å². The minimum absolute atomic E-state index is 0.172. The van der Waals surface area contributed by atoms with Crippen LogP contribution in [0.5, 0.6) is 11.5 Å². The fourth-order valence-corrected chi connectivity index (χ4v) is 2.33. The molecule has 4 rings (SSSR count). The summed E-state index contributed by atoms with van der Waals surface area (Å²) in [5.41, 5.74) is 0.925. The molecule has 1 N–H and O–H groups in total. The van der Waals surface area contributed by atoms with Gasteiger partial charge in [0.25, 0.3) is 5.91 Å². The minimum Gasteiger partial charge on any atom is -0.486 e. The van der Waals surface area contributed by atoms with E-state index in [1.165, 1.54) is 0 Å². The number of hydrogen-bond acceptors (Lipinski definition) is 6. The molecule has 7 nitrogen and oxygen atoms in total. The number of aromatic nitrogens is 2. The van der Waals surface area contributed by atoms with Gasteiger partial charge in [-0.15, -0.1) is 0 Å². The molecule has 0 radical (unpaired) electrons. The van der Waals surface area contributed by atoms with Crippen LogP contribution < -0.4 is 14.8 Å². The Morgan fingerprint density at radius 2 is 1.92 bits per heavy atom. The van der Waals surface area contributed by atoms with Gasteiger partial charge in [0.2, 0.25) is 0 Å². The Hall–Kier alpha value is -3.35. The van der Waals surface area contributed by atoms with E-state index in [9.17, 15) is 4.79 Å². The number of nitrogens with zero attached hydrogens (tertiary/aromatic N) is 2. The molecular formula is C17H13N3O4. The molecule has 1 amide bonds. The molecule has 0 fully saturated rings. The number of pyridine rings is 1. The van der Waals surface area contributed by atoms with Gasteiger partial charge in [0.1, 0.15) is 19.0 Å². The summed E-state index contributed by atoms with van der Waals surface area (Å²) in [5, 5.41) is 6.47. The molecule has 1 aromatic carbocycles. The van der Waals surface area contributed by atoms with E-state index in [2.05, 4.69) is 15.5 Å². The second-order valence-electron chi connectivity index (χ2n) is 5.10. The number of carbonyl (C=O) groups excluding carboxylic acids is 1. The lowest BCUT2D eigenvalue weighted by atomic mass is 10.1. The van der Waals surface area contributed by atoms with E-state index >= 15 is 0 Å². The Kier molecular flexibility index (Phi) is 3.59. The first kappa shape index (κ1) is 14.3. The van der Waals surface area contributed by atoms with Crippen LogP contribution >= 0.6 is 0 Å². The van der Waals surface area contributed by atoms with Crippen LogP contribution in [0.4, 0.5) is 5.82 Å². The zero-order valence-corrected chi connectivity index (χ0v) is 12.6. The normalized spacial score (nSPS) is 12.7. The summed E-state index contributed by atoms with van der Waals surface area (Å²) in [4.78, 5) is 16.2. The van der Waals surface area contributed by atoms with Crippen molar-refractivity contribution in [2.24, 2.45) is 0 Å². The van der Waals surface area contributed by atoms with Crippen LogP contribution in [0.3, 0.4) is 0 Å². The molecule has 3 heterocycles. The molecule has 0 spiro atoms. The Morgan fingerprint density at radius 1 is 1.04 bits per heavy atom. The van der Waals surface area contributed by atoms with E-state index in [1.807, 2.05) is 6.07 Å². The van der Waals surface area contributed by atoms with Crippen molar-refractivity contribution in [3.05, 3.63) is 54.4 Å². The van der Waals surface area contributed by atoms with Gasteiger partial charge in [-0.3, -0.25) is 4.79 Å². The van der Waals surface area contributed by atoms with Crippen LogP contribution in [0, 0.1) is 0 Å².